The van der Waals surface area contributed by atoms with Crippen molar-refractivity contribution < 1.29 is 14.3 Å². The number of nitrogens with one attached hydrogen (secondary N) is 2. The Balaban J connectivity index is 1.49. The van der Waals surface area contributed by atoms with Crippen LogP contribution in [0.4, 0.5) is 5.69 Å². The van der Waals surface area contributed by atoms with Crippen molar-refractivity contribution in [3.05, 3.63) is 92.3 Å². The van der Waals surface area contributed by atoms with Crippen LogP contribution in [0.3, 0.4) is 0 Å². The number of thioether (sulfide) groups is 1. The molecule has 1 heterocycles. The predicted octanol–water partition coefficient (Wildman–Crippen LogP) is 6.90. The number of amides is 1. The lowest BCUT2D eigenvalue weighted by atomic mass is 10.1. The van der Waals surface area contributed by atoms with Crippen molar-refractivity contribution in [2.75, 3.05) is 11.9 Å². The van der Waals surface area contributed by atoms with Crippen molar-refractivity contribution in [3.63, 3.8) is 0 Å². The first-order valence-corrected chi connectivity index (χ1v) is 13.3. The van der Waals surface area contributed by atoms with Gasteiger partial charge in [-0.3, -0.25) is 4.79 Å². The molecule has 1 fully saturated rings. The summed E-state index contributed by atoms with van der Waals surface area (Å²) in [6, 6.07) is 20.3. The number of carbonyl (C=O) groups is 1. The Labute approximate surface area is 219 Å². The summed E-state index contributed by atoms with van der Waals surface area (Å²) in [7, 11) is 0. The molecular weight excluding hydrogens is 524 g/mol. The highest BCUT2D eigenvalue weighted by atomic mass is 79.9. The lowest BCUT2D eigenvalue weighted by Gasteiger charge is -2.14. The summed E-state index contributed by atoms with van der Waals surface area (Å²) < 4.78 is 12.8. The normalized spacial score (nSPS) is 16.3. The average molecular weight is 554 g/mol. The fraction of sp³-hybridized carbons (Fsp3) is 0.250. The molecule has 7 heteroatoms. The van der Waals surface area contributed by atoms with Gasteiger partial charge in [-0.05, 0) is 67.3 Å². The van der Waals surface area contributed by atoms with Gasteiger partial charge in [0.2, 0.25) is 0 Å². The first-order chi connectivity index (χ1) is 16.9. The maximum atomic E-state index is 12.6. The van der Waals surface area contributed by atoms with Crippen LogP contribution in [0.1, 0.15) is 36.1 Å². The minimum absolute atomic E-state index is 0.109. The molecule has 1 amide bonds. The van der Waals surface area contributed by atoms with Crippen molar-refractivity contribution >= 4 is 45.4 Å². The highest BCUT2D eigenvalue weighted by Crippen LogP contribution is 2.38. The summed E-state index contributed by atoms with van der Waals surface area (Å²) in [6.07, 6.45) is 2.87. The number of benzene rings is 3. The Morgan fingerprint density at radius 3 is 2.37 bits per heavy atom. The van der Waals surface area contributed by atoms with Gasteiger partial charge in [0.05, 0.1) is 11.5 Å². The van der Waals surface area contributed by atoms with Gasteiger partial charge in [-0.15, -0.1) is 0 Å². The summed E-state index contributed by atoms with van der Waals surface area (Å²) in [5, 5.41) is 6.35. The van der Waals surface area contributed by atoms with E-state index in [4.69, 9.17) is 9.47 Å². The molecule has 1 saturated heterocycles. The number of aryl methyl sites for hydroxylation is 2. The van der Waals surface area contributed by atoms with Gasteiger partial charge in [-0.1, -0.05) is 76.6 Å². The van der Waals surface area contributed by atoms with E-state index in [1.807, 2.05) is 37.3 Å². The zero-order chi connectivity index (χ0) is 24.8. The van der Waals surface area contributed by atoms with E-state index in [9.17, 15) is 4.79 Å². The average Bonchev–Trinajstić information content (AvgIpc) is 3.20. The van der Waals surface area contributed by atoms with E-state index in [2.05, 4.69) is 76.8 Å². The van der Waals surface area contributed by atoms with Crippen molar-refractivity contribution in [1.82, 2.24) is 5.32 Å². The summed E-state index contributed by atoms with van der Waals surface area (Å²) in [6.45, 7) is 7.08. The SMILES string of the molecule is CCOc1cc(/C=C2\S[C@@H](Nc3ccc(CC)cc3)NC2=O)c(Br)cc1OCc1ccc(C)cc1. The zero-order valence-corrected chi connectivity index (χ0v) is 22.5. The van der Waals surface area contributed by atoms with E-state index >= 15 is 0 Å². The second-order valence-corrected chi connectivity index (χ2v) is 10.2. The van der Waals surface area contributed by atoms with E-state index in [1.165, 1.54) is 22.9 Å². The Morgan fingerprint density at radius 2 is 1.69 bits per heavy atom. The molecule has 1 aliphatic rings. The van der Waals surface area contributed by atoms with Crippen LogP contribution < -0.4 is 20.1 Å². The fourth-order valence-corrected chi connectivity index (χ4v) is 5.00. The highest BCUT2D eigenvalue weighted by molar-refractivity contribution is 9.10. The first kappa shape index (κ1) is 25.2. The van der Waals surface area contributed by atoms with Crippen LogP contribution in [0.25, 0.3) is 6.08 Å². The van der Waals surface area contributed by atoms with Gasteiger partial charge in [-0.25, -0.2) is 0 Å². The third kappa shape index (κ3) is 6.61. The standard InChI is InChI=1S/C28H29BrN2O3S/c1-4-19-10-12-22(13-11-19)30-28-31-27(32)26(35-28)15-21-14-24(33-5-2)25(16-23(21)29)34-17-20-8-6-18(3)7-9-20/h6-16,28,30H,4-5,17H2,1-3H3,(H,31,32)/b26-15-/t28-/m0/s1. The monoisotopic (exact) mass is 552 g/mol. The third-order valence-corrected chi connectivity index (χ3v) is 7.27. The van der Waals surface area contributed by atoms with Gasteiger partial charge in [0.15, 0.2) is 17.0 Å². The fourth-order valence-electron chi connectivity index (χ4n) is 3.58. The van der Waals surface area contributed by atoms with Crippen LogP contribution in [0.5, 0.6) is 11.5 Å². The number of carbonyl (C=O) groups excluding carboxylic acids is 1. The van der Waals surface area contributed by atoms with Crippen LogP contribution in [0, 0.1) is 6.92 Å². The van der Waals surface area contributed by atoms with Gasteiger partial charge < -0.3 is 20.1 Å². The molecule has 3 aromatic rings. The highest BCUT2D eigenvalue weighted by Gasteiger charge is 2.27. The number of hydrogen-bond acceptors (Lipinski definition) is 5. The minimum Gasteiger partial charge on any atom is -0.490 e. The van der Waals surface area contributed by atoms with Crippen LogP contribution in [-0.4, -0.2) is 18.0 Å². The molecule has 0 spiro atoms. The molecule has 5 nitrogen and oxygen atoms in total. The van der Waals surface area contributed by atoms with Crippen molar-refractivity contribution in [3.8, 4) is 11.5 Å². The van der Waals surface area contributed by atoms with Crippen LogP contribution >= 0.6 is 27.7 Å². The molecule has 4 rings (SSSR count). The van der Waals surface area contributed by atoms with E-state index in [0.29, 0.717) is 29.6 Å². The lowest BCUT2D eigenvalue weighted by molar-refractivity contribution is -0.116. The minimum atomic E-state index is -0.233. The van der Waals surface area contributed by atoms with Gasteiger partial charge in [0.25, 0.3) is 5.91 Å². The Bertz CT molecular complexity index is 1210. The summed E-state index contributed by atoms with van der Waals surface area (Å²) in [4.78, 5) is 13.3. The smallest absolute Gasteiger partial charge is 0.260 e. The number of halogens is 1. The number of rotatable bonds is 9. The summed E-state index contributed by atoms with van der Waals surface area (Å²) in [5.74, 6) is 1.19. The largest absolute Gasteiger partial charge is 0.490 e. The molecule has 0 saturated carbocycles. The van der Waals surface area contributed by atoms with Gasteiger partial charge in [-0.2, -0.15) is 0 Å². The van der Waals surface area contributed by atoms with E-state index < -0.39 is 0 Å². The maximum Gasteiger partial charge on any atom is 0.260 e. The molecule has 35 heavy (non-hydrogen) atoms. The van der Waals surface area contributed by atoms with Crippen LogP contribution in [0.2, 0.25) is 0 Å². The molecule has 182 valence electrons. The summed E-state index contributed by atoms with van der Waals surface area (Å²) in [5.41, 5.74) is 5.16. The topological polar surface area (TPSA) is 59.6 Å². The molecule has 0 bridgehead atoms. The second kappa shape index (κ2) is 11.7. The number of anilines is 1. The Morgan fingerprint density at radius 1 is 1.00 bits per heavy atom. The predicted molar refractivity (Wildman–Crippen MR) is 148 cm³/mol. The molecule has 0 unspecified atom stereocenters. The molecular formula is C28H29BrN2O3S. The third-order valence-electron chi connectivity index (χ3n) is 5.56. The zero-order valence-electron chi connectivity index (χ0n) is 20.1. The maximum absolute atomic E-state index is 12.6. The van der Waals surface area contributed by atoms with Gasteiger partial charge in [0.1, 0.15) is 6.61 Å². The van der Waals surface area contributed by atoms with Crippen molar-refractivity contribution in [1.29, 1.82) is 0 Å². The van der Waals surface area contributed by atoms with Crippen molar-refractivity contribution in [2.45, 2.75) is 39.3 Å². The second-order valence-electron chi connectivity index (χ2n) is 8.20. The van der Waals surface area contributed by atoms with Crippen molar-refractivity contribution in [2.24, 2.45) is 0 Å². The van der Waals surface area contributed by atoms with Crippen LogP contribution in [0.15, 0.2) is 70.0 Å². The van der Waals surface area contributed by atoms with Crippen LogP contribution in [-0.2, 0) is 17.8 Å². The Kier molecular flexibility index (Phi) is 8.42. The molecule has 0 radical (unpaired) electrons. The van der Waals surface area contributed by atoms with Gasteiger partial charge >= 0.3 is 0 Å². The molecule has 1 aliphatic heterocycles. The lowest BCUT2D eigenvalue weighted by Crippen LogP contribution is -2.30. The molecule has 1 atom stereocenters. The number of ether oxygens (including phenoxy) is 2. The molecule has 0 aliphatic carbocycles. The van der Waals surface area contributed by atoms with E-state index in [0.717, 1.165) is 27.7 Å². The van der Waals surface area contributed by atoms with Gasteiger partial charge in [0, 0.05) is 10.2 Å². The molecule has 0 aromatic heterocycles. The molecule has 3 aromatic carbocycles. The summed E-state index contributed by atoms with van der Waals surface area (Å²) >= 11 is 5.10. The van der Waals surface area contributed by atoms with E-state index in [-0.39, 0.29) is 11.4 Å². The Hall–Kier alpha value is -2.90. The quantitative estimate of drug-likeness (QED) is 0.283. The number of hydrogen-bond donors (Lipinski definition) is 2. The first-order valence-electron chi connectivity index (χ1n) is 11.6. The van der Waals surface area contributed by atoms with E-state index in [1.54, 1.807) is 0 Å². The molecule has 2 N–H and O–H groups in total.